The van der Waals surface area contributed by atoms with Gasteiger partial charge in [0.25, 0.3) is 0 Å². The highest BCUT2D eigenvalue weighted by atomic mass is 15.3. The normalized spacial score (nSPS) is 14.3. The number of benzene rings is 2. The first-order valence-corrected chi connectivity index (χ1v) is 18.1. The third kappa shape index (κ3) is 11.1. The summed E-state index contributed by atoms with van der Waals surface area (Å²) in [6.45, 7) is 11.4. The number of nitrogens with one attached hydrogen (secondary N) is 1. The van der Waals surface area contributed by atoms with Gasteiger partial charge < -0.3 is 5.84 Å². The Labute approximate surface area is 265 Å². The van der Waals surface area contributed by atoms with Crippen molar-refractivity contribution in [3.05, 3.63) is 93.3 Å². The first-order chi connectivity index (χ1) is 21.0. The highest BCUT2D eigenvalue weighted by molar-refractivity contribution is 6.15. The molecule has 1 aliphatic heterocycles. The number of unbranched alkanes of at least 4 members (excludes halogenated alkanes) is 10. The van der Waals surface area contributed by atoms with Crippen LogP contribution in [-0.2, 0) is 25.7 Å². The lowest BCUT2D eigenvalue weighted by atomic mass is 9.93. The summed E-state index contributed by atoms with van der Waals surface area (Å²) >= 11 is 0. The number of hydrogen-bond donors (Lipinski definition) is 0. The van der Waals surface area contributed by atoms with Crippen molar-refractivity contribution >= 4 is 11.4 Å². The Morgan fingerprint density at radius 1 is 0.512 bits per heavy atom. The quantitative estimate of drug-likeness (QED) is 0.103. The summed E-state index contributed by atoms with van der Waals surface area (Å²) in [6, 6.07) is 14.5. The number of rotatable bonds is 21. The van der Waals surface area contributed by atoms with Gasteiger partial charge in [-0.1, -0.05) is 117 Å². The molecule has 0 unspecified atom stereocenters. The Balaban J connectivity index is 2.09. The molecule has 43 heavy (non-hydrogen) atoms. The van der Waals surface area contributed by atoms with E-state index in [1.54, 1.807) is 4.68 Å². The molecule has 0 fully saturated rings. The van der Waals surface area contributed by atoms with Gasteiger partial charge in [0.1, 0.15) is 0 Å². The Kier molecular flexibility index (Phi) is 15.9. The fourth-order valence-electron chi connectivity index (χ4n) is 6.36. The molecule has 0 saturated carbocycles. The fraction of sp³-hybridized carbons (Fsp3) is 0.585. The SMILES string of the molecule is CCCCC=C1C=C(c2cc(CCCCC)cc(CCCCC)c2)[N+]([NH-])=C1c1cc(CCCCC)cc(CCCCC)c1. The molecule has 2 aromatic rings. The third-order valence-electron chi connectivity index (χ3n) is 8.90. The highest BCUT2D eigenvalue weighted by Gasteiger charge is 2.29. The molecule has 0 saturated heterocycles. The van der Waals surface area contributed by atoms with Crippen molar-refractivity contribution in [1.82, 2.24) is 0 Å². The van der Waals surface area contributed by atoms with Crippen LogP contribution < -0.4 is 0 Å². The topological polar surface area (TPSA) is 26.8 Å². The summed E-state index contributed by atoms with van der Waals surface area (Å²) < 4.78 is 1.78. The van der Waals surface area contributed by atoms with Gasteiger partial charge in [0, 0.05) is 22.8 Å². The van der Waals surface area contributed by atoms with Crippen LogP contribution in [0.4, 0.5) is 0 Å². The van der Waals surface area contributed by atoms with Crippen LogP contribution in [0.5, 0.6) is 0 Å². The molecule has 0 aromatic heterocycles. The van der Waals surface area contributed by atoms with Crippen molar-refractivity contribution in [2.24, 2.45) is 0 Å². The van der Waals surface area contributed by atoms with Crippen molar-refractivity contribution in [2.45, 2.75) is 157 Å². The number of aryl methyl sites for hydroxylation is 4. The maximum absolute atomic E-state index is 9.57. The van der Waals surface area contributed by atoms with E-state index in [0.717, 1.165) is 43.5 Å². The van der Waals surface area contributed by atoms with E-state index in [9.17, 15) is 5.84 Å². The Hall–Kier alpha value is -2.61. The monoisotopic (exact) mass is 582 g/mol. The molecule has 0 atom stereocenters. The maximum atomic E-state index is 9.57. The van der Waals surface area contributed by atoms with E-state index >= 15 is 0 Å². The predicted molar refractivity (Wildman–Crippen MR) is 190 cm³/mol. The smallest absolute Gasteiger partial charge is 0.215 e. The number of nitrogens with zero attached hydrogens (tertiary/aromatic N) is 1. The van der Waals surface area contributed by atoms with Crippen LogP contribution in [0.1, 0.15) is 164 Å². The zero-order chi connectivity index (χ0) is 30.9. The largest absolute Gasteiger partial charge is 0.448 e. The van der Waals surface area contributed by atoms with Crippen LogP contribution in [-0.4, -0.2) is 10.4 Å². The summed E-state index contributed by atoms with van der Waals surface area (Å²) in [7, 11) is 0. The van der Waals surface area contributed by atoms with E-state index in [-0.39, 0.29) is 0 Å². The first kappa shape index (κ1) is 34.9. The third-order valence-corrected chi connectivity index (χ3v) is 8.90. The molecule has 1 N–H and O–H groups in total. The van der Waals surface area contributed by atoms with Gasteiger partial charge in [0.2, 0.25) is 11.4 Å². The van der Waals surface area contributed by atoms with Crippen molar-refractivity contribution < 1.29 is 4.68 Å². The molecule has 0 aliphatic carbocycles. The average molecular weight is 583 g/mol. The molecule has 2 aromatic carbocycles. The Morgan fingerprint density at radius 2 is 0.907 bits per heavy atom. The van der Waals surface area contributed by atoms with Gasteiger partial charge in [-0.2, -0.15) is 0 Å². The lowest BCUT2D eigenvalue weighted by Crippen LogP contribution is -2.13. The second-order valence-electron chi connectivity index (χ2n) is 12.9. The van der Waals surface area contributed by atoms with Gasteiger partial charge in [-0.15, -0.1) is 0 Å². The predicted octanol–water partition coefficient (Wildman–Crippen LogP) is 12.6. The van der Waals surface area contributed by atoms with Crippen molar-refractivity contribution in [3.63, 3.8) is 0 Å². The van der Waals surface area contributed by atoms with Gasteiger partial charge >= 0.3 is 0 Å². The maximum Gasteiger partial charge on any atom is 0.215 e. The van der Waals surface area contributed by atoms with Crippen LogP contribution in [0.3, 0.4) is 0 Å². The molecular weight excluding hydrogens is 520 g/mol. The molecule has 2 heteroatoms. The first-order valence-electron chi connectivity index (χ1n) is 18.1. The average Bonchev–Trinajstić information content (AvgIpc) is 3.33. The minimum absolute atomic E-state index is 1.04. The van der Waals surface area contributed by atoms with Crippen LogP contribution in [0.2, 0.25) is 0 Å². The highest BCUT2D eigenvalue weighted by Crippen LogP contribution is 2.32. The molecule has 236 valence electrons. The van der Waals surface area contributed by atoms with Gasteiger partial charge in [-0.3, -0.25) is 0 Å². The zero-order valence-corrected chi connectivity index (χ0v) is 28.5. The van der Waals surface area contributed by atoms with Gasteiger partial charge in [-0.25, -0.2) is 4.68 Å². The second-order valence-corrected chi connectivity index (χ2v) is 12.9. The Morgan fingerprint density at radius 3 is 1.30 bits per heavy atom. The molecule has 0 radical (unpaired) electrons. The molecule has 0 bridgehead atoms. The minimum atomic E-state index is 1.04. The van der Waals surface area contributed by atoms with E-state index in [0.29, 0.717) is 0 Å². The van der Waals surface area contributed by atoms with Gasteiger partial charge in [0.15, 0.2) is 0 Å². The summed E-state index contributed by atoms with van der Waals surface area (Å²) in [5.41, 5.74) is 11.5. The number of allylic oxidation sites excluding steroid dienone is 3. The summed E-state index contributed by atoms with van der Waals surface area (Å²) in [5.74, 6) is 9.57. The molecular formula is C41H62N2. The van der Waals surface area contributed by atoms with Crippen LogP contribution in [0.15, 0.2) is 54.1 Å². The van der Waals surface area contributed by atoms with Crippen LogP contribution >= 0.6 is 0 Å². The van der Waals surface area contributed by atoms with E-state index < -0.39 is 0 Å². The number of hydrogen-bond acceptors (Lipinski definition) is 0. The lowest BCUT2D eigenvalue weighted by Gasteiger charge is -2.13. The van der Waals surface area contributed by atoms with Crippen molar-refractivity contribution in [3.8, 4) is 0 Å². The van der Waals surface area contributed by atoms with E-state index in [2.05, 4.69) is 83.2 Å². The molecule has 2 nitrogen and oxygen atoms in total. The van der Waals surface area contributed by atoms with E-state index in [4.69, 9.17) is 0 Å². The van der Waals surface area contributed by atoms with Crippen LogP contribution in [0, 0.1) is 0 Å². The summed E-state index contributed by atoms with van der Waals surface area (Å²) in [5, 5.41) is 0. The van der Waals surface area contributed by atoms with Crippen LogP contribution in [0.25, 0.3) is 11.5 Å². The van der Waals surface area contributed by atoms with Gasteiger partial charge in [-0.05, 0) is 104 Å². The second kappa shape index (κ2) is 19.6. The molecule has 3 rings (SSSR count). The molecule has 0 spiro atoms. The lowest BCUT2D eigenvalue weighted by molar-refractivity contribution is -0.347. The summed E-state index contributed by atoms with van der Waals surface area (Å²) in [4.78, 5) is 0. The van der Waals surface area contributed by atoms with Gasteiger partial charge in [0.05, 0.1) is 0 Å². The van der Waals surface area contributed by atoms with Crippen molar-refractivity contribution in [2.75, 3.05) is 0 Å². The molecule has 1 aliphatic rings. The van der Waals surface area contributed by atoms with E-state index in [1.807, 2.05) is 0 Å². The van der Waals surface area contributed by atoms with E-state index in [1.165, 1.54) is 129 Å². The summed E-state index contributed by atoms with van der Waals surface area (Å²) in [6.07, 6.45) is 27.7. The standard InChI is InChI=1S/C41H62N2/c1-6-11-16-21-33-26-34(22-17-12-7-2)29-38(28-33)40-32-37(25-20-15-10-5)41(43(40)42)39-30-35(23-18-13-8-3)27-36(31-39)24-19-14-9-4/h25-32,42H,6-24H2,1-5H3. The minimum Gasteiger partial charge on any atom is -0.448 e. The fourth-order valence-corrected chi connectivity index (χ4v) is 6.36. The van der Waals surface area contributed by atoms with Crippen molar-refractivity contribution in [1.29, 1.82) is 0 Å². The molecule has 0 amide bonds. The Bertz CT molecular complexity index is 1160. The zero-order valence-electron chi connectivity index (χ0n) is 28.5. The molecule has 1 heterocycles.